The van der Waals surface area contributed by atoms with E-state index in [-0.39, 0.29) is 5.56 Å². The van der Waals surface area contributed by atoms with Gasteiger partial charge in [-0.2, -0.15) is 0 Å². The largest absolute Gasteiger partial charge is 0.478 e. The molecular formula is C14H18BrNO3. The Bertz CT molecular complexity index is 488. The first-order chi connectivity index (χ1) is 8.87. The Morgan fingerprint density at radius 1 is 1.53 bits per heavy atom. The van der Waals surface area contributed by atoms with Crippen LogP contribution >= 0.6 is 15.9 Å². The molecule has 1 saturated heterocycles. The molecule has 0 amide bonds. The van der Waals surface area contributed by atoms with Crippen LogP contribution in [0.25, 0.3) is 0 Å². The average Bonchev–Trinajstić information content (AvgIpc) is 2.30. The quantitative estimate of drug-likeness (QED) is 0.895. The van der Waals surface area contributed by atoms with Gasteiger partial charge in [-0.25, -0.2) is 4.79 Å². The van der Waals surface area contributed by atoms with E-state index in [9.17, 15) is 9.90 Å². The van der Waals surface area contributed by atoms with Gasteiger partial charge in [-0.3, -0.25) is 4.90 Å². The number of carboxylic acids is 1. The summed E-state index contributed by atoms with van der Waals surface area (Å²) in [6.45, 7) is 4.20. The van der Waals surface area contributed by atoms with Crippen LogP contribution in [0.1, 0.15) is 35.7 Å². The van der Waals surface area contributed by atoms with Crippen LogP contribution in [0.4, 0.5) is 0 Å². The molecule has 1 aromatic rings. The van der Waals surface area contributed by atoms with Gasteiger partial charge in [-0.15, -0.1) is 0 Å². The molecular weight excluding hydrogens is 310 g/mol. The summed E-state index contributed by atoms with van der Waals surface area (Å²) < 4.78 is 0.803. The van der Waals surface area contributed by atoms with E-state index in [0.29, 0.717) is 6.54 Å². The van der Waals surface area contributed by atoms with Crippen LogP contribution in [0.15, 0.2) is 22.7 Å². The van der Waals surface area contributed by atoms with E-state index in [0.717, 1.165) is 36.0 Å². The molecule has 0 radical (unpaired) electrons. The van der Waals surface area contributed by atoms with Crippen LogP contribution in [0.3, 0.4) is 0 Å². The SMILES string of the molecule is CC1(O)CCCN(Cc2ccc(C(=O)O)cc2Br)C1. The highest BCUT2D eigenvalue weighted by Crippen LogP contribution is 2.25. The molecule has 2 rings (SSSR count). The van der Waals surface area contributed by atoms with Gasteiger partial charge in [0, 0.05) is 17.6 Å². The second-order valence-corrected chi connectivity index (χ2v) is 6.28. The molecule has 1 heterocycles. The number of hydrogen-bond donors (Lipinski definition) is 2. The van der Waals surface area contributed by atoms with Crippen molar-refractivity contribution in [3.8, 4) is 0 Å². The van der Waals surface area contributed by atoms with E-state index < -0.39 is 11.6 Å². The van der Waals surface area contributed by atoms with Crippen molar-refractivity contribution in [3.05, 3.63) is 33.8 Å². The number of carboxylic acid groups (broad SMARTS) is 1. The Balaban J connectivity index is 2.09. The summed E-state index contributed by atoms with van der Waals surface area (Å²) in [7, 11) is 0. The maximum absolute atomic E-state index is 10.9. The zero-order valence-corrected chi connectivity index (χ0v) is 12.5. The molecule has 1 unspecified atom stereocenters. The number of carbonyl (C=O) groups is 1. The van der Waals surface area contributed by atoms with Crippen molar-refractivity contribution in [1.29, 1.82) is 0 Å². The molecule has 0 aliphatic carbocycles. The smallest absolute Gasteiger partial charge is 0.335 e. The van der Waals surface area contributed by atoms with E-state index >= 15 is 0 Å². The van der Waals surface area contributed by atoms with E-state index in [4.69, 9.17) is 5.11 Å². The van der Waals surface area contributed by atoms with Crippen molar-refractivity contribution in [3.63, 3.8) is 0 Å². The van der Waals surface area contributed by atoms with Gasteiger partial charge in [0.1, 0.15) is 0 Å². The standard InChI is InChI=1S/C14H18BrNO3/c1-14(19)5-2-6-16(9-14)8-11-4-3-10(13(17)18)7-12(11)15/h3-4,7,19H,2,5-6,8-9H2,1H3,(H,17,18). The van der Waals surface area contributed by atoms with Crippen molar-refractivity contribution in [2.24, 2.45) is 0 Å². The van der Waals surface area contributed by atoms with Crippen molar-refractivity contribution < 1.29 is 15.0 Å². The monoisotopic (exact) mass is 327 g/mol. The van der Waals surface area contributed by atoms with Crippen molar-refractivity contribution >= 4 is 21.9 Å². The fraction of sp³-hybridized carbons (Fsp3) is 0.500. The zero-order chi connectivity index (χ0) is 14.0. The summed E-state index contributed by atoms with van der Waals surface area (Å²) >= 11 is 3.42. The number of likely N-dealkylation sites (tertiary alicyclic amines) is 1. The molecule has 1 aliphatic rings. The third kappa shape index (κ3) is 3.78. The molecule has 0 bridgehead atoms. The van der Waals surface area contributed by atoms with Crippen LogP contribution in [0.5, 0.6) is 0 Å². The van der Waals surface area contributed by atoms with Gasteiger partial charge in [0.05, 0.1) is 11.2 Å². The van der Waals surface area contributed by atoms with Gasteiger partial charge in [0.15, 0.2) is 0 Å². The van der Waals surface area contributed by atoms with E-state index in [1.54, 1.807) is 12.1 Å². The molecule has 5 heteroatoms. The van der Waals surface area contributed by atoms with E-state index in [1.807, 2.05) is 13.0 Å². The molecule has 0 aromatic heterocycles. The predicted molar refractivity (Wildman–Crippen MR) is 76.2 cm³/mol. The minimum absolute atomic E-state index is 0.279. The van der Waals surface area contributed by atoms with Gasteiger partial charge in [0.2, 0.25) is 0 Å². The van der Waals surface area contributed by atoms with Crippen LogP contribution in [-0.2, 0) is 6.54 Å². The minimum Gasteiger partial charge on any atom is -0.478 e. The summed E-state index contributed by atoms with van der Waals surface area (Å²) in [5.41, 5.74) is 0.704. The minimum atomic E-state index is -0.923. The first kappa shape index (κ1) is 14.5. The Morgan fingerprint density at radius 2 is 2.26 bits per heavy atom. The summed E-state index contributed by atoms with van der Waals surface area (Å²) in [5, 5.41) is 19.0. The van der Waals surface area contributed by atoms with Crippen LogP contribution in [0.2, 0.25) is 0 Å². The lowest BCUT2D eigenvalue weighted by molar-refractivity contribution is -0.0182. The molecule has 19 heavy (non-hydrogen) atoms. The number of halogens is 1. The number of piperidine rings is 1. The molecule has 1 atom stereocenters. The van der Waals surface area contributed by atoms with Gasteiger partial charge in [0.25, 0.3) is 0 Å². The predicted octanol–water partition coefficient (Wildman–Crippen LogP) is 2.49. The molecule has 2 N–H and O–H groups in total. The molecule has 1 aromatic carbocycles. The average molecular weight is 328 g/mol. The summed E-state index contributed by atoms with van der Waals surface area (Å²) in [4.78, 5) is 13.1. The second-order valence-electron chi connectivity index (χ2n) is 5.42. The van der Waals surface area contributed by atoms with E-state index in [1.165, 1.54) is 0 Å². The lowest BCUT2D eigenvalue weighted by Crippen LogP contribution is -2.45. The third-order valence-corrected chi connectivity index (χ3v) is 4.19. The van der Waals surface area contributed by atoms with Crippen LogP contribution in [-0.4, -0.2) is 39.8 Å². The number of aromatic carboxylic acids is 1. The van der Waals surface area contributed by atoms with Gasteiger partial charge < -0.3 is 10.2 Å². The van der Waals surface area contributed by atoms with Gasteiger partial charge in [-0.05, 0) is 44.0 Å². The Morgan fingerprint density at radius 3 is 2.84 bits per heavy atom. The van der Waals surface area contributed by atoms with Crippen LogP contribution < -0.4 is 0 Å². The lowest BCUT2D eigenvalue weighted by atomic mass is 9.95. The first-order valence-electron chi connectivity index (χ1n) is 6.34. The molecule has 1 aliphatic heterocycles. The fourth-order valence-corrected chi connectivity index (χ4v) is 3.01. The number of rotatable bonds is 3. The fourth-order valence-electron chi connectivity index (χ4n) is 2.51. The van der Waals surface area contributed by atoms with Crippen molar-refractivity contribution in [2.45, 2.75) is 31.9 Å². The highest BCUT2D eigenvalue weighted by Gasteiger charge is 2.28. The number of β-amino-alcohol motifs (C(OH)–C–C–N with tert-alkyl or cyclic N) is 1. The molecule has 0 saturated carbocycles. The first-order valence-corrected chi connectivity index (χ1v) is 7.13. The Hall–Kier alpha value is -0.910. The Kier molecular flexibility index (Phi) is 4.28. The highest BCUT2D eigenvalue weighted by molar-refractivity contribution is 9.10. The van der Waals surface area contributed by atoms with Crippen molar-refractivity contribution in [1.82, 2.24) is 4.90 Å². The summed E-state index contributed by atoms with van der Waals surface area (Å²) in [6, 6.07) is 5.07. The maximum Gasteiger partial charge on any atom is 0.335 e. The number of nitrogens with zero attached hydrogens (tertiary/aromatic N) is 1. The van der Waals surface area contributed by atoms with E-state index in [2.05, 4.69) is 20.8 Å². The number of hydrogen-bond acceptors (Lipinski definition) is 3. The molecule has 4 nitrogen and oxygen atoms in total. The summed E-state index contributed by atoms with van der Waals surface area (Å²) in [6.07, 6.45) is 1.82. The topological polar surface area (TPSA) is 60.8 Å². The number of aliphatic hydroxyl groups is 1. The molecule has 1 fully saturated rings. The van der Waals surface area contributed by atoms with Gasteiger partial charge >= 0.3 is 5.97 Å². The maximum atomic E-state index is 10.9. The third-order valence-electron chi connectivity index (χ3n) is 3.45. The number of benzene rings is 1. The Labute approximate surface area is 121 Å². The second kappa shape index (κ2) is 5.61. The molecule has 0 spiro atoms. The normalized spacial score (nSPS) is 24.4. The van der Waals surface area contributed by atoms with Crippen LogP contribution in [0, 0.1) is 0 Å². The summed E-state index contributed by atoms with van der Waals surface area (Å²) in [5.74, 6) is -0.923. The zero-order valence-electron chi connectivity index (χ0n) is 10.9. The van der Waals surface area contributed by atoms with Crippen molar-refractivity contribution in [2.75, 3.05) is 13.1 Å². The molecule has 104 valence electrons. The van der Waals surface area contributed by atoms with Gasteiger partial charge in [-0.1, -0.05) is 22.0 Å². The lowest BCUT2D eigenvalue weighted by Gasteiger charge is -2.37. The highest BCUT2D eigenvalue weighted by atomic mass is 79.9.